The van der Waals surface area contributed by atoms with Crippen molar-refractivity contribution in [3.8, 4) is 6.07 Å². The van der Waals surface area contributed by atoms with Crippen molar-refractivity contribution >= 4 is 49.2 Å². The maximum Gasteiger partial charge on any atom is 0.300 e. The molecule has 0 saturated heterocycles. The Kier molecular flexibility index (Phi) is 2.82. The molecule has 0 aromatic heterocycles. The minimum absolute atomic E-state index is 0.127. The quantitative estimate of drug-likeness (QED) is 0.580. The number of carbonyl (C=O) groups is 2. The molecular formula is C10H4Br2N2O2. The molecule has 0 spiro atoms. The zero-order chi connectivity index (χ0) is 11.9. The average Bonchev–Trinajstić information content (AvgIpc) is 2.44. The molecule has 1 amide bonds. The van der Waals surface area contributed by atoms with E-state index in [-0.39, 0.29) is 6.54 Å². The lowest BCUT2D eigenvalue weighted by molar-refractivity contribution is -0.114. The Labute approximate surface area is 108 Å². The van der Waals surface area contributed by atoms with E-state index in [4.69, 9.17) is 5.26 Å². The van der Waals surface area contributed by atoms with Gasteiger partial charge in [0.05, 0.1) is 17.3 Å². The number of carbonyl (C=O) groups excluding carboxylic acids is 2. The molecule has 2 rings (SSSR count). The topological polar surface area (TPSA) is 61.2 Å². The summed E-state index contributed by atoms with van der Waals surface area (Å²) in [5, 5.41) is 8.62. The largest absolute Gasteiger partial charge is 0.300 e. The maximum atomic E-state index is 11.6. The van der Waals surface area contributed by atoms with Crippen LogP contribution in [0.5, 0.6) is 0 Å². The average molecular weight is 344 g/mol. The van der Waals surface area contributed by atoms with Crippen molar-refractivity contribution in [2.75, 3.05) is 11.4 Å². The molecule has 1 heterocycles. The number of amides is 1. The minimum atomic E-state index is -0.657. The van der Waals surface area contributed by atoms with Gasteiger partial charge in [-0.15, -0.1) is 0 Å². The molecule has 0 N–H and O–H groups in total. The number of nitriles is 1. The monoisotopic (exact) mass is 342 g/mol. The van der Waals surface area contributed by atoms with Crippen LogP contribution in [0.25, 0.3) is 0 Å². The number of hydrogen-bond donors (Lipinski definition) is 0. The number of rotatable bonds is 1. The molecular weight excluding hydrogens is 340 g/mol. The fourth-order valence-electron chi connectivity index (χ4n) is 1.57. The van der Waals surface area contributed by atoms with Gasteiger partial charge in [-0.1, -0.05) is 15.9 Å². The van der Waals surface area contributed by atoms with Gasteiger partial charge >= 0.3 is 0 Å². The molecule has 80 valence electrons. The van der Waals surface area contributed by atoms with Gasteiger partial charge in [0.25, 0.3) is 11.7 Å². The van der Waals surface area contributed by atoms with Gasteiger partial charge in [-0.05, 0) is 28.1 Å². The molecule has 0 unspecified atom stereocenters. The van der Waals surface area contributed by atoms with Crippen molar-refractivity contribution < 1.29 is 9.59 Å². The molecule has 6 heteroatoms. The molecule has 0 saturated carbocycles. The van der Waals surface area contributed by atoms with E-state index in [1.807, 2.05) is 6.07 Å². The van der Waals surface area contributed by atoms with Gasteiger partial charge in [0.2, 0.25) is 0 Å². The number of Topliss-reactive ketones (excluding diaryl/α,β-unsaturated/α-hetero) is 1. The standard InChI is InChI=1S/C10H4Br2N2O2/c11-5-3-6-8(7(12)4-5)14(2-1-13)10(16)9(6)15/h3-4H,2H2. The van der Waals surface area contributed by atoms with Gasteiger partial charge in [0.15, 0.2) is 0 Å². The molecule has 4 nitrogen and oxygen atoms in total. The van der Waals surface area contributed by atoms with Crippen LogP contribution in [0.15, 0.2) is 21.1 Å². The van der Waals surface area contributed by atoms with Crippen molar-refractivity contribution in [3.05, 3.63) is 26.6 Å². The first-order valence-corrected chi connectivity index (χ1v) is 5.87. The number of halogens is 2. The van der Waals surface area contributed by atoms with Crippen LogP contribution >= 0.6 is 31.9 Å². The highest BCUT2D eigenvalue weighted by molar-refractivity contribution is 9.11. The number of fused-ring (bicyclic) bond motifs is 1. The van der Waals surface area contributed by atoms with E-state index in [2.05, 4.69) is 31.9 Å². The predicted octanol–water partition coefficient (Wildman–Crippen LogP) is 2.26. The first kappa shape index (κ1) is 11.3. The van der Waals surface area contributed by atoms with E-state index in [0.29, 0.717) is 20.2 Å². The first-order valence-electron chi connectivity index (χ1n) is 4.28. The van der Waals surface area contributed by atoms with Crippen molar-refractivity contribution in [2.24, 2.45) is 0 Å². The summed E-state index contributed by atoms with van der Waals surface area (Å²) in [6.07, 6.45) is 0. The molecule has 1 aromatic carbocycles. The Bertz CT molecular complexity index is 548. The van der Waals surface area contributed by atoms with Crippen LogP contribution < -0.4 is 4.90 Å². The van der Waals surface area contributed by atoms with Crippen LogP contribution in [-0.2, 0) is 4.79 Å². The van der Waals surface area contributed by atoms with Crippen molar-refractivity contribution in [3.63, 3.8) is 0 Å². The third-order valence-electron chi connectivity index (χ3n) is 2.21. The maximum absolute atomic E-state index is 11.6. The molecule has 0 radical (unpaired) electrons. The van der Waals surface area contributed by atoms with E-state index >= 15 is 0 Å². The smallest absolute Gasteiger partial charge is 0.290 e. The Balaban J connectivity index is 2.66. The molecule has 16 heavy (non-hydrogen) atoms. The van der Waals surface area contributed by atoms with Gasteiger partial charge in [-0.2, -0.15) is 5.26 Å². The van der Waals surface area contributed by atoms with Crippen molar-refractivity contribution in [1.29, 1.82) is 5.26 Å². The molecule has 0 atom stereocenters. The Morgan fingerprint density at radius 1 is 1.31 bits per heavy atom. The van der Waals surface area contributed by atoms with Crippen LogP contribution in [-0.4, -0.2) is 18.2 Å². The van der Waals surface area contributed by atoms with Gasteiger partial charge in [-0.3, -0.25) is 14.5 Å². The molecule has 0 bridgehead atoms. The molecule has 0 fully saturated rings. The Hall–Kier alpha value is -1.19. The SMILES string of the molecule is N#CCN1C(=O)C(=O)c2cc(Br)cc(Br)c21. The fourth-order valence-corrected chi connectivity index (χ4v) is 3.01. The zero-order valence-electron chi connectivity index (χ0n) is 7.83. The minimum Gasteiger partial charge on any atom is -0.290 e. The van der Waals surface area contributed by atoms with Crippen LogP contribution in [0.1, 0.15) is 10.4 Å². The van der Waals surface area contributed by atoms with Crippen LogP contribution in [0.3, 0.4) is 0 Å². The van der Waals surface area contributed by atoms with E-state index in [0.717, 1.165) is 0 Å². The van der Waals surface area contributed by atoms with Gasteiger partial charge in [0, 0.05) is 8.95 Å². The molecule has 1 aliphatic heterocycles. The second kappa shape index (κ2) is 4.00. The van der Waals surface area contributed by atoms with Gasteiger partial charge in [0.1, 0.15) is 6.54 Å². The number of hydrogen-bond acceptors (Lipinski definition) is 3. The highest BCUT2D eigenvalue weighted by atomic mass is 79.9. The number of benzene rings is 1. The third kappa shape index (κ3) is 1.56. The van der Waals surface area contributed by atoms with Crippen molar-refractivity contribution in [1.82, 2.24) is 0 Å². The lowest BCUT2D eigenvalue weighted by Gasteiger charge is -2.13. The first-order chi connectivity index (χ1) is 7.56. The highest BCUT2D eigenvalue weighted by Crippen LogP contribution is 2.38. The predicted molar refractivity (Wildman–Crippen MR) is 64.1 cm³/mol. The summed E-state index contributed by atoms with van der Waals surface area (Å²) in [7, 11) is 0. The summed E-state index contributed by atoms with van der Waals surface area (Å²) in [6, 6.07) is 5.18. The summed E-state index contributed by atoms with van der Waals surface area (Å²) in [5.74, 6) is -1.23. The third-order valence-corrected chi connectivity index (χ3v) is 3.27. The summed E-state index contributed by atoms with van der Waals surface area (Å²) in [5.41, 5.74) is 0.793. The van der Waals surface area contributed by atoms with Crippen LogP contribution in [0.2, 0.25) is 0 Å². The second-order valence-electron chi connectivity index (χ2n) is 3.16. The van der Waals surface area contributed by atoms with E-state index in [9.17, 15) is 9.59 Å². The summed E-state index contributed by atoms with van der Waals surface area (Å²) in [4.78, 5) is 24.4. The van der Waals surface area contributed by atoms with Crippen LogP contribution in [0, 0.1) is 11.3 Å². The molecule has 1 aromatic rings. The fraction of sp³-hybridized carbons (Fsp3) is 0.100. The Morgan fingerprint density at radius 2 is 2.00 bits per heavy atom. The van der Waals surface area contributed by atoms with E-state index < -0.39 is 11.7 Å². The molecule has 1 aliphatic rings. The Morgan fingerprint density at radius 3 is 2.62 bits per heavy atom. The van der Waals surface area contributed by atoms with Gasteiger partial charge < -0.3 is 0 Å². The van der Waals surface area contributed by atoms with Crippen LogP contribution in [0.4, 0.5) is 5.69 Å². The summed E-state index contributed by atoms with van der Waals surface area (Å²) < 4.78 is 1.32. The number of anilines is 1. The normalized spacial score (nSPS) is 13.9. The number of ketones is 1. The summed E-state index contributed by atoms with van der Waals surface area (Å²) in [6.45, 7) is -0.127. The second-order valence-corrected chi connectivity index (χ2v) is 4.93. The van der Waals surface area contributed by atoms with Gasteiger partial charge in [-0.25, -0.2) is 0 Å². The lowest BCUT2D eigenvalue weighted by atomic mass is 10.1. The summed E-state index contributed by atoms with van der Waals surface area (Å²) >= 11 is 6.52. The zero-order valence-corrected chi connectivity index (χ0v) is 11.0. The van der Waals surface area contributed by atoms with E-state index in [1.165, 1.54) is 4.90 Å². The lowest BCUT2D eigenvalue weighted by Crippen LogP contribution is -2.30. The highest BCUT2D eigenvalue weighted by Gasteiger charge is 2.37. The molecule has 0 aliphatic carbocycles. The number of nitrogens with zero attached hydrogens (tertiary/aromatic N) is 2. The van der Waals surface area contributed by atoms with Crippen molar-refractivity contribution in [2.45, 2.75) is 0 Å². The van der Waals surface area contributed by atoms with E-state index in [1.54, 1.807) is 12.1 Å².